The molecule has 1 fully saturated rings. The molecule has 1 unspecified atom stereocenters. The number of amidine groups is 1. The lowest BCUT2D eigenvalue weighted by Gasteiger charge is -2.38. The number of ether oxygens (including phenoxy) is 1. The molecule has 5 nitrogen and oxygen atoms in total. The molecule has 1 aliphatic carbocycles. The van der Waals surface area contributed by atoms with Crippen molar-refractivity contribution in [2.24, 2.45) is 21.6 Å². The highest BCUT2D eigenvalue weighted by Gasteiger charge is 2.46. The maximum atomic E-state index is 13.2. The molecule has 1 aromatic heterocycles. The molecule has 0 radical (unpaired) electrons. The van der Waals surface area contributed by atoms with Gasteiger partial charge in [-0.15, -0.1) is 0 Å². The van der Waals surface area contributed by atoms with Crippen LogP contribution in [0.5, 0.6) is 0 Å². The van der Waals surface area contributed by atoms with E-state index in [-0.39, 0.29) is 12.0 Å². The number of aliphatic imine (C=N–C) groups is 2. The lowest BCUT2D eigenvalue weighted by atomic mass is 9.74. The third-order valence-corrected chi connectivity index (χ3v) is 6.68. The number of hydrogen-bond donors (Lipinski definition) is 1. The summed E-state index contributed by atoms with van der Waals surface area (Å²) in [6, 6.07) is 6.75. The van der Waals surface area contributed by atoms with Crippen LogP contribution in [0.3, 0.4) is 0 Å². The molecule has 1 saturated carbocycles. The normalized spacial score (nSPS) is 25.6. The number of nitrogens with zero attached hydrogens (tertiary/aromatic N) is 3. The van der Waals surface area contributed by atoms with Crippen LogP contribution in [0.4, 0.5) is 13.2 Å². The molecular formula is C25H29F3N4O. The Kier molecular flexibility index (Phi) is 6.31. The lowest BCUT2D eigenvalue weighted by molar-refractivity contribution is -0.137. The molecule has 1 atom stereocenters. The average molecular weight is 459 g/mol. The van der Waals surface area contributed by atoms with E-state index in [0.717, 1.165) is 49.1 Å². The molecule has 0 spiro atoms. The van der Waals surface area contributed by atoms with Gasteiger partial charge in [0.25, 0.3) is 0 Å². The van der Waals surface area contributed by atoms with Crippen molar-refractivity contribution in [3.8, 4) is 11.1 Å². The molecule has 0 saturated heterocycles. The van der Waals surface area contributed by atoms with Crippen molar-refractivity contribution in [2.45, 2.75) is 64.4 Å². The fourth-order valence-electron chi connectivity index (χ4n) is 4.94. The zero-order valence-electron chi connectivity index (χ0n) is 19.1. The van der Waals surface area contributed by atoms with E-state index in [1.165, 1.54) is 6.20 Å². The van der Waals surface area contributed by atoms with E-state index in [2.05, 4.69) is 4.98 Å². The molecule has 8 heteroatoms. The fourth-order valence-corrected chi connectivity index (χ4v) is 4.94. The fraction of sp³-hybridized carbons (Fsp3) is 0.480. The van der Waals surface area contributed by atoms with Crippen molar-refractivity contribution < 1.29 is 17.9 Å². The Hall–Kier alpha value is -2.74. The summed E-state index contributed by atoms with van der Waals surface area (Å²) in [5, 5.41) is 0. The average Bonchev–Trinajstić information content (AvgIpc) is 3.09. The lowest BCUT2D eigenvalue weighted by Crippen LogP contribution is -2.36. The van der Waals surface area contributed by atoms with E-state index >= 15 is 0 Å². The Morgan fingerprint density at radius 2 is 1.76 bits per heavy atom. The Bertz CT molecular complexity index is 1070. The number of pyridine rings is 1. The summed E-state index contributed by atoms with van der Waals surface area (Å²) < 4.78 is 45.6. The molecule has 2 heterocycles. The van der Waals surface area contributed by atoms with Crippen molar-refractivity contribution in [2.75, 3.05) is 6.61 Å². The van der Waals surface area contributed by atoms with Crippen LogP contribution in [0.1, 0.15) is 56.2 Å². The largest absolute Gasteiger partial charge is 0.417 e. The third kappa shape index (κ3) is 4.53. The maximum absolute atomic E-state index is 13.2. The van der Waals surface area contributed by atoms with Gasteiger partial charge in [0.15, 0.2) is 5.66 Å². The first-order valence-electron chi connectivity index (χ1n) is 11.3. The number of aryl methyl sites for hydroxylation is 1. The first kappa shape index (κ1) is 23.4. The van der Waals surface area contributed by atoms with Crippen molar-refractivity contribution >= 4 is 11.5 Å². The third-order valence-electron chi connectivity index (χ3n) is 6.68. The molecule has 2 aliphatic rings. The van der Waals surface area contributed by atoms with Crippen molar-refractivity contribution in [1.29, 1.82) is 0 Å². The summed E-state index contributed by atoms with van der Waals surface area (Å²) in [7, 11) is 0. The molecule has 33 heavy (non-hydrogen) atoms. The molecule has 176 valence electrons. The van der Waals surface area contributed by atoms with Gasteiger partial charge in [0.05, 0.1) is 17.4 Å². The van der Waals surface area contributed by atoms with Crippen LogP contribution < -0.4 is 5.73 Å². The summed E-state index contributed by atoms with van der Waals surface area (Å²) in [4.78, 5) is 13.7. The highest BCUT2D eigenvalue weighted by Crippen LogP contribution is 2.47. The highest BCUT2D eigenvalue weighted by atomic mass is 19.4. The summed E-state index contributed by atoms with van der Waals surface area (Å²) in [6.07, 6.45) is 1.67. The van der Waals surface area contributed by atoms with E-state index < -0.39 is 17.4 Å². The maximum Gasteiger partial charge on any atom is 0.417 e. The second kappa shape index (κ2) is 8.89. The van der Waals surface area contributed by atoms with Crippen LogP contribution >= 0.6 is 0 Å². The van der Waals surface area contributed by atoms with Gasteiger partial charge < -0.3 is 10.5 Å². The predicted molar refractivity (Wildman–Crippen MR) is 123 cm³/mol. The first-order chi connectivity index (χ1) is 15.6. The number of alkyl halides is 3. The molecule has 1 aliphatic heterocycles. The Morgan fingerprint density at radius 3 is 2.36 bits per heavy atom. The van der Waals surface area contributed by atoms with E-state index in [1.807, 2.05) is 39.0 Å². The van der Waals surface area contributed by atoms with Crippen LogP contribution in [0, 0.1) is 12.8 Å². The summed E-state index contributed by atoms with van der Waals surface area (Å²) in [5.41, 5.74) is 8.13. The molecule has 2 aromatic rings. The quantitative estimate of drug-likeness (QED) is 0.629. The van der Waals surface area contributed by atoms with Gasteiger partial charge in [-0.3, -0.25) is 9.98 Å². The minimum atomic E-state index is -4.46. The van der Waals surface area contributed by atoms with Gasteiger partial charge in [-0.25, -0.2) is 4.99 Å². The van der Waals surface area contributed by atoms with Gasteiger partial charge in [0.1, 0.15) is 5.84 Å². The number of benzene rings is 1. The Balaban J connectivity index is 1.77. The Labute approximate surface area is 192 Å². The standard InChI is InChI=1S/C25H29F3N4O/c1-4-33-21-9-7-19(8-10-21)24(31-16(3)23(29)32-24)22-12-17(6-5-15(22)2)18-11-20(14-30-13-18)25(26,27)28/h5-6,11-14,19,21H,4,7-10H2,1-3H3,(H2,29,32). The predicted octanol–water partition coefficient (Wildman–Crippen LogP) is 5.66. The zero-order valence-corrected chi connectivity index (χ0v) is 19.1. The molecule has 4 rings (SSSR count). The number of halogens is 3. The molecule has 2 N–H and O–H groups in total. The van der Waals surface area contributed by atoms with Crippen molar-refractivity contribution in [1.82, 2.24) is 4.98 Å². The van der Waals surface area contributed by atoms with Crippen LogP contribution in [0.15, 0.2) is 46.6 Å². The number of hydrogen-bond acceptors (Lipinski definition) is 5. The molecule has 1 aromatic carbocycles. The van der Waals surface area contributed by atoms with E-state index in [0.29, 0.717) is 29.3 Å². The van der Waals surface area contributed by atoms with Gasteiger partial charge in [-0.05, 0) is 69.7 Å². The van der Waals surface area contributed by atoms with Crippen LogP contribution in [0.25, 0.3) is 11.1 Å². The second-order valence-corrected chi connectivity index (χ2v) is 8.84. The summed E-state index contributed by atoms with van der Waals surface area (Å²) in [6.45, 7) is 6.52. The molecule has 0 amide bonds. The van der Waals surface area contributed by atoms with Gasteiger partial charge in [-0.2, -0.15) is 13.2 Å². The highest BCUT2D eigenvalue weighted by molar-refractivity contribution is 6.41. The molecular weight excluding hydrogens is 429 g/mol. The van der Waals surface area contributed by atoms with Gasteiger partial charge in [0, 0.05) is 36.0 Å². The summed E-state index contributed by atoms with van der Waals surface area (Å²) in [5.74, 6) is 0.534. The van der Waals surface area contributed by atoms with Crippen molar-refractivity contribution in [3.63, 3.8) is 0 Å². The minimum absolute atomic E-state index is 0.124. The summed E-state index contributed by atoms with van der Waals surface area (Å²) >= 11 is 0. The smallest absolute Gasteiger partial charge is 0.382 e. The van der Waals surface area contributed by atoms with Crippen LogP contribution in [-0.4, -0.2) is 29.2 Å². The zero-order chi connectivity index (χ0) is 23.8. The molecule has 0 bridgehead atoms. The van der Waals surface area contributed by atoms with E-state index in [4.69, 9.17) is 20.5 Å². The van der Waals surface area contributed by atoms with Gasteiger partial charge in [-0.1, -0.05) is 12.1 Å². The van der Waals surface area contributed by atoms with Crippen LogP contribution in [0.2, 0.25) is 0 Å². The minimum Gasteiger partial charge on any atom is -0.382 e. The first-order valence-corrected chi connectivity index (χ1v) is 11.3. The number of nitrogens with two attached hydrogens (primary N) is 1. The number of rotatable bonds is 5. The topological polar surface area (TPSA) is 72.9 Å². The van der Waals surface area contributed by atoms with Crippen molar-refractivity contribution in [3.05, 3.63) is 53.3 Å². The van der Waals surface area contributed by atoms with Gasteiger partial charge in [0.2, 0.25) is 0 Å². The van der Waals surface area contributed by atoms with E-state index in [1.54, 1.807) is 0 Å². The second-order valence-electron chi connectivity index (χ2n) is 8.84. The SMILES string of the molecule is CCOC1CCC(C2(c3cc(-c4cncc(C(F)(F)F)c4)ccc3C)N=C(C)C(N)=N2)CC1. The van der Waals surface area contributed by atoms with Gasteiger partial charge >= 0.3 is 6.18 Å². The van der Waals surface area contributed by atoms with Crippen LogP contribution in [-0.2, 0) is 16.6 Å². The monoisotopic (exact) mass is 458 g/mol. The van der Waals surface area contributed by atoms with E-state index in [9.17, 15) is 13.2 Å². The Morgan fingerprint density at radius 1 is 1.03 bits per heavy atom. The number of aromatic nitrogens is 1.